The van der Waals surface area contributed by atoms with Gasteiger partial charge in [0, 0.05) is 0 Å². The number of anilines is 1. The van der Waals surface area contributed by atoms with Crippen LogP contribution >= 0.6 is 0 Å². The molecule has 1 amide bonds. The Labute approximate surface area is 126 Å². The molecular weight excluding hydrogens is 282 g/mol. The van der Waals surface area contributed by atoms with Gasteiger partial charge >= 0.3 is 0 Å². The number of rotatable bonds is 2. The van der Waals surface area contributed by atoms with Crippen LogP contribution in [0.25, 0.3) is 0 Å². The van der Waals surface area contributed by atoms with Crippen LogP contribution in [0.15, 0.2) is 42.5 Å². The lowest BCUT2D eigenvalue weighted by Crippen LogP contribution is -2.47. The van der Waals surface area contributed by atoms with Gasteiger partial charge < -0.3 is 10.5 Å². The summed E-state index contributed by atoms with van der Waals surface area (Å²) < 4.78 is 5.72. The summed E-state index contributed by atoms with van der Waals surface area (Å²) in [5.41, 5.74) is 7.23. The molecule has 0 saturated carbocycles. The van der Waals surface area contributed by atoms with Crippen molar-refractivity contribution in [1.29, 1.82) is 5.26 Å². The van der Waals surface area contributed by atoms with Crippen LogP contribution in [0.4, 0.5) is 5.69 Å². The average Bonchev–Trinajstić information content (AvgIpc) is 2.53. The molecule has 1 aliphatic rings. The van der Waals surface area contributed by atoms with Crippen molar-refractivity contribution in [2.24, 2.45) is 5.73 Å². The molecule has 22 heavy (non-hydrogen) atoms. The van der Waals surface area contributed by atoms with E-state index in [9.17, 15) is 10.0 Å². The van der Waals surface area contributed by atoms with E-state index in [1.54, 1.807) is 42.5 Å². The highest BCUT2D eigenvalue weighted by Crippen LogP contribution is 2.32. The first kappa shape index (κ1) is 14.1. The van der Waals surface area contributed by atoms with Gasteiger partial charge in [0.05, 0.1) is 17.3 Å². The van der Waals surface area contributed by atoms with Crippen molar-refractivity contribution in [3.8, 4) is 17.6 Å². The van der Waals surface area contributed by atoms with E-state index in [0.717, 1.165) is 0 Å². The number of amides is 1. The zero-order valence-electron chi connectivity index (χ0n) is 11.6. The van der Waals surface area contributed by atoms with Gasteiger partial charge in [-0.15, -0.1) is 0 Å². The predicted molar refractivity (Wildman–Crippen MR) is 78.6 cm³/mol. The third-order valence-electron chi connectivity index (χ3n) is 3.48. The summed E-state index contributed by atoms with van der Waals surface area (Å²) >= 11 is 0. The number of hydroxylamine groups is 1. The zero-order valence-corrected chi connectivity index (χ0v) is 11.6. The number of benzene rings is 2. The van der Waals surface area contributed by atoms with E-state index in [0.29, 0.717) is 39.8 Å². The molecule has 0 aliphatic carbocycles. The van der Waals surface area contributed by atoms with Gasteiger partial charge in [0.2, 0.25) is 0 Å². The third kappa shape index (κ3) is 2.39. The van der Waals surface area contributed by atoms with Crippen molar-refractivity contribution in [3.63, 3.8) is 0 Å². The van der Waals surface area contributed by atoms with E-state index >= 15 is 0 Å². The van der Waals surface area contributed by atoms with Gasteiger partial charge in [0.25, 0.3) is 5.91 Å². The maximum atomic E-state index is 11.6. The Morgan fingerprint density at radius 2 is 2.09 bits per heavy atom. The van der Waals surface area contributed by atoms with Crippen LogP contribution in [0.2, 0.25) is 0 Å². The standard InChI is InChI=1S/C16H13N3O3/c17-9-10-3-1-2-4-15(10)22-12-5-6-14-11(7-12)8-13(18)16(20)19(14)21/h1-7,13,21H,8,18H2. The molecule has 0 fully saturated rings. The van der Waals surface area contributed by atoms with Gasteiger partial charge in [0.1, 0.15) is 17.6 Å². The second kappa shape index (κ2) is 5.48. The van der Waals surface area contributed by atoms with Crippen LogP contribution in [0, 0.1) is 11.3 Å². The molecule has 2 aromatic rings. The molecule has 3 rings (SSSR count). The minimum Gasteiger partial charge on any atom is -0.456 e. The lowest BCUT2D eigenvalue weighted by molar-refractivity contribution is -0.125. The summed E-state index contributed by atoms with van der Waals surface area (Å²) in [7, 11) is 0. The summed E-state index contributed by atoms with van der Waals surface area (Å²) in [6, 6.07) is 13.1. The number of nitrogens with zero attached hydrogens (tertiary/aromatic N) is 2. The van der Waals surface area contributed by atoms with Crippen molar-refractivity contribution < 1.29 is 14.7 Å². The quantitative estimate of drug-likeness (QED) is 0.825. The molecule has 0 spiro atoms. The highest BCUT2D eigenvalue weighted by Gasteiger charge is 2.29. The Hall–Kier alpha value is -2.88. The molecule has 0 saturated heterocycles. The lowest BCUT2D eigenvalue weighted by Gasteiger charge is -2.27. The number of carbonyl (C=O) groups excluding carboxylic acids is 1. The fraction of sp³-hybridized carbons (Fsp3) is 0.125. The Morgan fingerprint density at radius 3 is 2.86 bits per heavy atom. The van der Waals surface area contributed by atoms with E-state index < -0.39 is 11.9 Å². The summed E-state index contributed by atoms with van der Waals surface area (Å²) in [4.78, 5) is 11.6. The van der Waals surface area contributed by atoms with Crippen LogP contribution in [-0.4, -0.2) is 17.2 Å². The maximum absolute atomic E-state index is 11.6. The largest absolute Gasteiger partial charge is 0.456 e. The monoisotopic (exact) mass is 295 g/mol. The van der Waals surface area contributed by atoms with Crippen molar-refractivity contribution >= 4 is 11.6 Å². The Bertz CT molecular complexity index is 782. The van der Waals surface area contributed by atoms with Crippen LogP contribution in [0.1, 0.15) is 11.1 Å². The minimum atomic E-state index is -0.779. The molecule has 110 valence electrons. The number of carbonyl (C=O) groups is 1. The number of ether oxygens (including phenoxy) is 1. The molecule has 0 radical (unpaired) electrons. The SMILES string of the molecule is N#Cc1ccccc1Oc1ccc2c(c1)CC(N)C(=O)N2O. The van der Waals surface area contributed by atoms with Crippen LogP contribution in [0.5, 0.6) is 11.5 Å². The number of hydrogen-bond donors (Lipinski definition) is 2. The fourth-order valence-electron chi connectivity index (χ4n) is 2.37. The Balaban J connectivity index is 1.93. The first-order valence-corrected chi connectivity index (χ1v) is 6.68. The molecule has 6 heteroatoms. The van der Waals surface area contributed by atoms with E-state index in [1.165, 1.54) is 0 Å². The van der Waals surface area contributed by atoms with Crippen LogP contribution in [-0.2, 0) is 11.2 Å². The molecule has 1 aliphatic heterocycles. The number of fused-ring (bicyclic) bond motifs is 1. The topological polar surface area (TPSA) is 99.6 Å². The second-order valence-electron chi connectivity index (χ2n) is 4.96. The second-order valence-corrected chi connectivity index (χ2v) is 4.96. The number of nitrogens with two attached hydrogens (primary N) is 1. The van der Waals surface area contributed by atoms with Gasteiger partial charge in [-0.05, 0) is 42.3 Å². The predicted octanol–water partition coefficient (Wildman–Crippen LogP) is 1.96. The summed E-state index contributed by atoms with van der Waals surface area (Å²) in [6.45, 7) is 0. The highest BCUT2D eigenvalue weighted by atomic mass is 16.5. The number of nitriles is 1. The van der Waals surface area contributed by atoms with Crippen molar-refractivity contribution in [2.75, 3.05) is 5.06 Å². The van der Waals surface area contributed by atoms with Crippen molar-refractivity contribution in [1.82, 2.24) is 0 Å². The van der Waals surface area contributed by atoms with E-state index in [1.807, 2.05) is 0 Å². The first-order valence-electron chi connectivity index (χ1n) is 6.68. The van der Waals surface area contributed by atoms with Crippen molar-refractivity contribution in [2.45, 2.75) is 12.5 Å². The summed E-state index contributed by atoms with van der Waals surface area (Å²) in [6.07, 6.45) is 0.322. The van der Waals surface area contributed by atoms with E-state index in [-0.39, 0.29) is 0 Å². The molecule has 1 atom stereocenters. The summed E-state index contributed by atoms with van der Waals surface area (Å²) in [5.74, 6) is 0.425. The molecule has 2 aromatic carbocycles. The Morgan fingerprint density at radius 1 is 1.32 bits per heavy atom. The molecule has 1 heterocycles. The zero-order chi connectivity index (χ0) is 15.7. The van der Waals surface area contributed by atoms with Gasteiger partial charge in [-0.3, -0.25) is 10.0 Å². The van der Waals surface area contributed by atoms with E-state index in [2.05, 4.69) is 6.07 Å². The van der Waals surface area contributed by atoms with Gasteiger partial charge in [-0.25, -0.2) is 0 Å². The van der Waals surface area contributed by atoms with Crippen LogP contribution in [0.3, 0.4) is 0 Å². The normalized spacial score (nSPS) is 16.9. The molecule has 6 nitrogen and oxygen atoms in total. The Kier molecular flexibility index (Phi) is 3.51. The maximum Gasteiger partial charge on any atom is 0.267 e. The molecule has 0 bridgehead atoms. The molecule has 1 unspecified atom stereocenters. The van der Waals surface area contributed by atoms with Crippen molar-refractivity contribution in [3.05, 3.63) is 53.6 Å². The first-order chi connectivity index (χ1) is 10.6. The van der Waals surface area contributed by atoms with E-state index in [4.69, 9.17) is 15.7 Å². The number of para-hydroxylation sites is 1. The lowest BCUT2D eigenvalue weighted by atomic mass is 9.99. The van der Waals surface area contributed by atoms with Gasteiger partial charge in [0.15, 0.2) is 0 Å². The minimum absolute atomic E-state index is 0.322. The van der Waals surface area contributed by atoms with Gasteiger partial charge in [-0.1, -0.05) is 12.1 Å². The number of hydrogen-bond acceptors (Lipinski definition) is 5. The summed E-state index contributed by atoms with van der Waals surface area (Å²) in [5, 5.41) is 19.4. The fourth-order valence-corrected chi connectivity index (χ4v) is 2.37. The molecule has 3 N–H and O–H groups in total. The molecular formula is C16H13N3O3. The van der Waals surface area contributed by atoms with Crippen LogP contribution < -0.4 is 15.5 Å². The highest BCUT2D eigenvalue weighted by molar-refractivity contribution is 5.98. The smallest absolute Gasteiger partial charge is 0.267 e. The average molecular weight is 295 g/mol. The third-order valence-corrected chi connectivity index (χ3v) is 3.48. The molecule has 0 aromatic heterocycles. The van der Waals surface area contributed by atoms with Gasteiger partial charge in [-0.2, -0.15) is 10.3 Å².